The molecule has 0 aliphatic carbocycles. The van der Waals surface area contributed by atoms with Crippen molar-refractivity contribution in [3.8, 4) is 0 Å². The van der Waals surface area contributed by atoms with E-state index in [2.05, 4.69) is 9.05 Å². The van der Waals surface area contributed by atoms with Crippen molar-refractivity contribution in [1.82, 2.24) is 0 Å². The van der Waals surface area contributed by atoms with Crippen LogP contribution in [0, 0.1) is 0 Å². The van der Waals surface area contributed by atoms with Crippen LogP contribution in [0.1, 0.15) is 0 Å². The highest BCUT2D eigenvalue weighted by Crippen LogP contribution is 2.54. The summed E-state index contributed by atoms with van der Waals surface area (Å²) in [6, 6.07) is 0. The Balaban J connectivity index is 2.44. The van der Waals surface area contributed by atoms with Gasteiger partial charge in [0.05, 0.1) is 0 Å². The highest BCUT2D eigenvalue weighted by Gasteiger charge is 2.40. The summed E-state index contributed by atoms with van der Waals surface area (Å²) in [5.74, 6) is 0. The Morgan fingerprint density at radius 2 is 2.00 bits per heavy atom. The molecule has 1 fully saturated rings. The van der Waals surface area contributed by atoms with Crippen LogP contribution in [-0.2, 0) is 13.6 Å². The van der Waals surface area contributed by atoms with Crippen molar-refractivity contribution in [3.63, 3.8) is 0 Å². The molecule has 1 aliphatic rings. The molecular formula is CH3O5P. The molecule has 1 heterocycles. The molecule has 0 unspecified atom stereocenters. The molecule has 42 valence electrons. The molecule has 7 heavy (non-hydrogen) atoms. The van der Waals surface area contributed by atoms with E-state index >= 15 is 0 Å². The second kappa shape index (κ2) is 1.27. The minimum absolute atomic E-state index is 1.50. The monoisotopic (exact) mass is 126 g/mol. The minimum Gasteiger partial charge on any atom is -0.345 e. The van der Waals surface area contributed by atoms with Crippen molar-refractivity contribution in [3.05, 3.63) is 0 Å². The van der Waals surface area contributed by atoms with Gasteiger partial charge in [0.25, 0.3) is 6.48 Å². The summed E-state index contributed by atoms with van der Waals surface area (Å²) in [4.78, 5) is 8.03. The first-order valence-electron chi connectivity index (χ1n) is 1.48. The van der Waals surface area contributed by atoms with Crippen molar-refractivity contribution in [2.75, 3.05) is 0 Å². The predicted octanol–water partition coefficient (Wildman–Crippen LogP) is -0.591. The van der Waals surface area contributed by atoms with Gasteiger partial charge in [0.2, 0.25) is 0 Å². The molecule has 0 bridgehead atoms. The average molecular weight is 126 g/mol. The fraction of sp³-hybridized carbons (Fsp3) is 1.00. The Labute approximate surface area is 39.1 Å². The largest absolute Gasteiger partial charge is 0.480 e. The number of phosphoric acid groups is 1. The van der Waals surface area contributed by atoms with E-state index in [0.29, 0.717) is 0 Å². The van der Waals surface area contributed by atoms with Crippen LogP contribution in [0.2, 0.25) is 0 Å². The Morgan fingerprint density at radius 3 is 2.00 bits per heavy atom. The topological polar surface area (TPSA) is 76.0 Å². The number of phosphoric ester groups is 1. The normalized spacial score (nSPS) is 50.9. The summed E-state index contributed by atoms with van der Waals surface area (Å²) in [5, 5.41) is 8.01. The Kier molecular flexibility index (Phi) is 0.948. The SMILES string of the molecule is O=P1(O)OC(O)O1. The average Bonchev–Trinajstić information content (AvgIpc) is 1.27. The van der Waals surface area contributed by atoms with Gasteiger partial charge in [-0.1, -0.05) is 0 Å². The van der Waals surface area contributed by atoms with Gasteiger partial charge < -0.3 is 10.00 Å². The molecule has 2 N–H and O–H groups in total. The van der Waals surface area contributed by atoms with Gasteiger partial charge in [-0.05, 0) is 0 Å². The smallest absolute Gasteiger partial charge is 0.345 e. The number of hydrogen-bond donors (Lipinski definition) is 2. The molecule has 6 heteroatoms. The summed E-state index contributed by atoms with van der Waals surface area (Å²) in [5.41, 5.74) is 0. The molecular weight excluding hydrogens is 123 g/mol. The third kappa shape index (κ3) is 0.992. The second-order valence-corrected chi connectivity index (χ2v) is 2.35. The fourth-order valence-electron chi connectivity index (χ4n) is 0.236. The van der Waals surface area contributed by atoms with Crippen LogP contribution < -0.4 is 0 Å². The van der Waals surface area contributed by atoms with Crippen LogP contribution in [-0.4, -0.2) is 16.5 Å². The van der Waals surface area contributed by atoms with Gasteiger partial charge in [-0.2, -0.15) is 0 Å². The Hall–Kier alpha value is 0.0700. The highest BCUT2D eigenvalue weighted by atomic mass is 31.2. The summed E-state index contributed by atoms with van der Waals surface area (Å²) in [6.07, 6.45) is 0. The molecule has 0 amide bonds. The quantitative estimate of drug-likeness (QED) is 0.424. The number of aliphatic hydroxyl groups excluding tert-OH is 1. The minimum atomic E-state index is -3.77. The van der Waals surface area contributed by atoms with E-state index in [0.717, 1.165) is 0 Å². The van der Waals surface area contributed by atoms with Crippen molar-refractivity contribution >= 4 is 7.82 Å². The molecule has 0 spiro atoms. The molecule has 0 atom stereocenters. The van der Waals surface area contributed by atoms with E-state index in [9.17, 15) is 4.57 Å². The number of rotatable bonds is 0. The maximum absolute atomic E-state index is 9.83. The summed E-state index contributed by atoms with van der Waals surface area (Å²) in [6.45, 7) is -1.50. The van der Waals surface area contributed by atoms with Crippen LogP contribution in [0.25, 0.3) is 0 Å². The second-order valence-electron chi connectivity index (χ2n) is 0.986. The highest BCUT2D eigenvalue weighted by molar-refractivity contribution is 7.48. The first-order chi connectivity index (χ1) is 3.10. The molecule has 1 rings (SSSR count). The van der Waals surface area contributed by atoms with E-state index in [1.54, 1.807) is 0 Å². The van der Waals surface area contributed by atoms with Gasteiger partial charge >= 0.3 is 7.82 Å². The van der Waals surface area contributed by atoms with Crippen LogP contribution >= 0.6 is 7.82 Å². The van der Waals surface area contributed by atoms with E-state index < -0.39 is 14.3 Å². The lowest BCUT2D eigenvalue weighted by Crippen LogP contribution is -2.24. The molecule has 5 nitrogen and oxygen atoms in total. The zero-order valence-electron chi connectivity index (χ0n) is 3.14. The maximum atomic E-state index is 9.83. The lowest BCUT2D eigenvalue weighted by atomic mass is 11.4. The van der Waals surface area contributed by atoms with Crippen LogP contribution in [0.5, 0.6) is 0 Å². The fourth-order valence-corrected chi connectivity index (χ4v) is 0.707. The van der Waals surface area contributed by atoms with Crippen LogP contribution in [0.15, 0.2) is 0 Å². The molecule has 1 aliphatic heterocycles. The van der Waals surface area contributed by atoms with Gasteiger partial charge in [0, 0.05) is 0 Å². The Bertz CT molecular complexity index is 109. The molecule has 0 aromatic rings. The van der Waals surface area contributed by atoms with Gasteiger partial charge in [-0.25, -0.2) is 13.6 Å². The van der Waals surface area contributed by atoms with Crippen molar-refractivity contribution in [2.24, 2.45) is 0 Å². The standard InChI is InChI=1S/CH3O5P/c2-1-5-7(3,4)6-1/h1-2H,(H,3,4). The lowest BCUT2D eigenvalue weighted by Gasteiger charge is -2.24. The van der Waals surface area contributed by atoms with Gasteiger partial charge in [0.15, 0.2) is 0 Å². The molecule has 0 saturated carbocycles. The van der Waals surface area contributed by atoms with Gasteiger partial charge in [0.1, 0.15) is 0 Å². The van der Waals surface area contributed by atoms with Crippen molar-refractivity contribution < 1.29 is 23.6 Å². The zero-order valence-corrected chi connectivity index (χ0v) is 4.04. The van der Waals surface area contributed by atoms with Gasteiger partial charge in [-0.15, -0.1) is 0 Å². The Morgan fingerprint density at radius 1 is 1.57 bits per heavy atom. The van der Waals surface area contributed by atoms with E-state index in [-0.39, 0.29) is 0 Å². The summed E-state index contributed by atoms with van der Waals surface area (Å²) >= 11 is 0. The van der Waals surface area contributed by atoms with E-state index in [4.69, 9.17) is 10.00 Å². The molecule has 1 saturated heterocycles. The first-order valence-corrected chi connectivity index (χ1v) is 2.97. The number of aliphatic hydroxyl groups is 1. The van der Waals surface area contributed by atoms with Crippen molar-refractivity contribution in [2.45, 2.75) is 6.48 Å². The van der Waals surface area contributed by atoms with Crippen molar-refractivity contribution in [1.29, 1.82) is 0 Å². The van der Waals surface area contributed by atoms with E-state index in [1.165, 1.54) is 0 Å². The van der Waals surface area contributed by atoms with E-state index in [1.807, 2.05) is 0 Å². The third-order valence-electron chi connectivity index (χ3n) is 0.447. The molecule has 0 radical (unpaired) electrons. The van der Waals surface area contributed by atoms with Crippen LogP contribution in [0.4, 0.5) is 0 Å². The third-order valence-corrected chi connectivity index (χ3v) is 1.34. The number of hydrogen-bond acceptors (Lipinski definition) is 4. The van der Waals surface area contributed by atoms with Gasteiger partial charge in [-0.3, -0.25) is 0 Å². The summed E-state index contributed by atoms with van der Waals surface area (Å²) in [7, 11) is -3.77. The maximum Gasteiger partial charge on any atom is 0.480 e. The predicted molar refractivity (Wildman–Crippen MR) is 18.0 cm³/mol. The zero-order chi connectivity index (χ0) is 5.49. The van der Waals surface area contributed by atoms with Crippen LogP contribution in [0.3, 0.4) is 0 Å². The lowest BCUT2D eigenvalue weighted by molar-refractivity contribution is -0.244. The summed E-state index contributed by atoms with van der Waals surface area (Å²) < 4.78 is 17.4. The first kappa shape index (κ1) is 5.21. The molecule has 0 aromatic carbocycles. The molecule has 0 aromatic heterocycles.